The zero-order valence-corrected chi connectivity index (χ0v) is 10.4. The monoisotopic (exact) mass is 283 g/mol. The molecule has 0 bridgehead atoms. The minimum Gasteiger partial charge on any atom is -0.480 e. The van der Waals surface area contributed by atoms with Crippen LogP contribution in [0.5, 0.6) is 0 Å². The Hall–Kier alpha value is -2.64. The molecule has 8 heteroatoms. The van der Waals surface area contributed by atoms with Crippen LogP contribution in [0.15, 0.2) is 24.3 Å². The molecular formula is C12H14FN3O4. The number of halogens is 1. The van der Waals surface area contributed by atoms with Gasteiger partial charge in [0.1, 0.15) is 11.9 Å². The first-order chi connectivity index (χ1) is 9.38. The molecule has 1 atom stereocenters. The van der Waals surface area contributed by atoms with Crippen molar-refractivity contribution in [3.8, 4) is 0 Å². The number of carboxylic acids is 1. The second-order valence-electron chi connectivity index (χ2n) is 4.00. The molecule has 1 aromatic carbocycles. The molecule has 3 amide bonds. The fourth-order valence-corrected chi connectivity index (χ4v) is 1.44. The lowest BCUT2D eigenvalue weighted by molar-refractivity contribution is -0.139. The molecule has 0 saturated carbocycles. The average molecular weight is 283 g/mol. The van der Waals surface area contributed by atoms with Crippen LogP contribution in [0.3, 0.4) is 0 Å². The number of amides is 3. The molecule has 5 N–H and O–H groups in total. The molecule has 0 aliphatic heterocycles. The van der Waals surface area contributed by atoms with Crippen LogP contribution < -0.4 is 16.4 Å². The van der Waals surface area contributed by atoms with Crippen LogP contribution in [0.25, 0.3) is 0 Å². The SMILES string of the molecule is NC(=O)CCC(NC(=O)Nc1cccc(F)c1)C(=O)O. The van der Waals surface area contributed by atoms with Crippen molar-refractivity contribution in [2.75, 3.05) is 5.32 Å². The normalized spacial score (nSPS) is 11.4. The van der Waals surface area contributed by atoms with Crippen LogP contribution in [0, 0.1) is 5.82 Å². The van der Waals surface area contributed by atoms with Gasteiger partial charge in [-0.2, -0.15) is 0 Å². The van der Waals surface area contributed by atoms with Gasteiger partial charge in [-0.1, -0.05) is 6.07 Å². The highest BCUT2D eigenvalue weighted by Gasteiger charge is 2.20. The van der Waals surface area contributed by atoms with Gasteiger partial charge >= 0.3 is 12.0 Å². The number of rotatable bonds is 6. The molecule has 0 fully saturated rings. The van der Waals surface area contributed by atoms with Gasteiger partial charge in [0.05, 0.1) is 0 Å². The largest absolute Gasteiger partial charge is 0.480 e. The Labute approximate surface area is 114 Å². The summed E-state index contributed by atoms with van der Waals surface area (Å²) >= 11 is 0. The molecular weight excluding hydrogens is 269 g/mol. The predicted octanol–water partition coefficient (Wildman–Crippen LogP) is 0.666. The van der Waals surface area contributed by atoms with Gasteiger partial charge in [0.25, 0.3) is 0 Å². The molecule has 7 nitrogen and oxygen atoms in total. The summed E-state index contributed by atoms with van der Waals surface area (Å²) in [5, 5.41) is 13.3. The molecule has 0 saturated heterocycles. The highest BCUT2D eigenvalue weighted by molar-refractivity contribution is 5.92. The number of carboxylic acid groups (broad SMARTS) is 1. The van der Waals surface area contributed by atoms with Crippen molar-refractivity contribution in [2.45, 2.75) is 18.9 Å². The Balaban J connectivity index is 2.57. The molecule has 1 unspecified atom stereocenters. The third kappa shape index (κ3) is 5.34. The van der Waals surface area contributed by atoms with Gasteiger partial charge in [-0.25, -0.2) is 14.0 Å². The Bertz CT molecular complexity index is 521. The van der Waals surface area contributed by atoms with E-state index in [1.165, 1.54) is 18.2 Å². The van der Waals surface area contributed by atoms with Crippen LogP contribution >= 0.6 is 0 Å². The fraction of sp³-hybridized carbons (Fsp3) is 0.250. The molecule has 0 aliphatic rings. The van der Waals surface area contributed by atoms with Crippen LogP contribution in [-0.4, -0.2) is 29.1 Å². The minimum absolute atomic E-state index is 0.124. The van der Waals surface area contributed by atoms with E-state index in [1.807, 2.05) is 0 Å². The molecule has 0 aliphatic carbocycles. The first-order valence-electron chi connectivity index (χ1n) is 5.72. The summed E-state index contributed by atoms with van der Waals surface area (Å²) in [6, 6.07) is 3.06. The van der Waals surface area contributed by atoms with Crippen molar-refractivity contribution in [2.24, 2.45) is 5.73 Å². The third-order valence-corrected chi connectivity index (χ3v) is 2.37. The standard InChI is InChI=1S/C12H14FN3O4/c13-7-2-1-3-8(6-7)15-12(20)16-9(11(18)19)4-5-10(14)17/h1-3,6,9H,4-5H2,(H2,14,17)(H,18,19)(H2,15,16,20). The lowest BCUT2D eigenvalue weighted by Gasteiger charge is -2.14. The van der Waals surface area contributed by atoms with Crippen molar-refractivity contribution in [3.05, 3.63) is 30.1 Å². The van der Waals surface area contributed by atoms with Crippen LogP contribution in [0.2, 0.25) is 0 Å². The van der Waals surface area contributed by atoms with Gasteiger partial charge in [0, 0.05) is 12.1 Å². The van der Waals surface area contributed by atoms with E-state index in [4.69, 9.17) is 10.8 Å². The number of nitrogens with two attached hydrogens (primary N) is 1. The Morgan fingerprint density at radius 1 is 1.35 bits per heavy atom. The number of urea groups is 1. The van der Waals surface area contributed by atoms with Crippen molar-refractivity contribution in [1.82, 2.24) is 5.32 Å². The molecule has 1 aromatic rings. The van der Waals surface area contributed by atoms with E-state index in [0.717, 1.165) is 6.07 Å². The minimum atomic E-state index is -1.29. The smallest absolute Gasteiger partial charge is 0.326 e. The average Bonchev–Trinajstić information content (AvgIpc) is 2.33. The number of carbonyl (C=O) groups excluding carboxylic acids is 2. The summed E-state index contributed by atoms with van der Waals surface area (Å²) in [4.78, 5) is 33.1. The highest BCUT2D eigenvalue weighted by Crippen LogP contribution is 2.09. The first-order valence-corrected chi connectivity index (χ1v) is 5.72. The van der Waals surface area contributed by atoms with Gasteiger partial charge in [-0.05, 0) is 24.6 Å². The van der Waals surface area contributed by atoms with Crippen molar-refractivity contribution in [3.63, 3.8) is 0 Å². The molecule has 20 heavy (non-hydrogen) atoms. The number of benzene rings is 1. The van der Waals surface area contributed by atoms with Gasteiger partial charge in [0.2, 0.25) is 5.91 Å². The quantitative estimate of drug-likeness (QED) is 0.612. The molecule has 0 heterocycles. The Morgan fingerprint density at radius 3 is 2.60 bits per heavy atom. The fourth-order valence-electron chi connectivity index (χ4n) is 1.44. The van der Waals surface area contributed by atoms with Gasteiger partial charge < -0.3 is 21.5 Å². The zero-order valence-electron chi connectivity index (χ0n) is 10.4. The van der Waals surface area contributed by atoms with Crippen LogP contribution in [-0.2, 0) is 9.59 Å². The molecule has 0 spiro atoms. The maximum atomic E-state index is 12.9. The van der Waals surface area contributed by atoms with Crippen molar-refractivity contribution < 1.29 is 23.9 Å². The van der Waals surface area contributed by atoms with Gasteiger partial charge in [-0.15, -0.1) is 0 Å². The first kappa shape index (κ1) is 15.4. The lowest BCUT2D eigenvalue weighted by atomic mass is 10.1. The summed E-state index contributed by atoms with van der Waals surface area (Å²) in [6.07, 6.45) is -0.293. The summed E-state index contributed by atoms with van der Waals surface area (Å²) in [7, 11) is 0. The molecule has 0 radical (unpaired) electrons. The van der Waals surface area contributed by atoms with Crippen LogP contribution in [0.4, 0.5) is 14.9 Å². The summed E-state index contributed by atoms with van der Waals surface area (Å²) in [5.41, 5.74) is 5.09. The number of primary amides is 1. The van der Waals surface area contributed by atoms with E-state index < -0.39 is 29.8 Å². The van der Waals surface area contributed by atoms with E-state index in [-0.39, 0.29) is 18.5 Å². The number of aliphatic carboxylic acids is 1. The van der Waals surface area contributed by atoms with E-state index in [2.05, 4.69) is 10.6 Å². The van der Waals surface area contributed by atoms with Crippen LogP contribution in [0.1, 0.15) is 12.8 Å². The van der Waals surface area contributed by atoms with E-state index in [1.54, 1.807) is 0 Å². The summed E-state index contributed by atoms with van der Waals surface area (Å²) in [5.74, 6) is -2.49. The number of hydrogen-bond acceptors (Lipinski definition) is 3. The molecule has 1 rings (SSSR count). The topological polar surface area (TPSA) is 122 Å². The number of nitrogens with one attached hydrogen (secondary N) is 2. The number of hydrogen-bond donors (Lipinski definition) is 4. The van der Waals surface area contributed by atoms with Crippen molar-refractivity contribution in [1.29, 1.82) is 0 Å². The lowest BCUT2D eigenvalue weighted by Crippen LogP contribution is -2.43. The van der Waals surface area contributed by atoms with E-state index in [0.29, 0.717) is 0 Å². The van der Waals surface area contributed by atoms with E-state index >= 15 is 0 Å². The number of anilines is 1. The molecule has 108 valence electrons. The number of carbonyl (C=O) groups is 3. The van der Waals surface area contributed by atoms with E-state index in [9.17, 15) is 18.8 Å². The highest BCUT2D eigenvalue weighted by atomic mass is 19.1. The maximum absolute atomic E-state index is 12.9. The van der Waals surface area contributed by atoms with Crippen molar-refractivity contribution >= 4 is 23.6 Å². The Morgan fingerprint density at radius 2 is 2.05 bits per heavy atom. The molecule has 0 aromatic heterocycles. The van der Waals surface area contributed by atoms with Gasteiger partial charge in [0.15, 0.2) is 0 Å². The Kier molecular flexibility index (Phi) is 5.45. The third-order valence-electron chi connectivity index (χ3n) is 2.37. The maximum Gasteiger partial charge on any atom is 0.326 e. The summed E-state index contributed by atoms with van der Waals surface area (Å²) in [6.45, 7) is 0. The zero-order chi connectivity index (χ0) is 15.1. The second-order valence-corrected chi connectivity index (χ2v) is 4.00. The summed E-state index contributed by atoms with van der Waals surface area (Å²) < 4.78 is 12.9. The van der Waals surface area contributed by atoms with Gasteiger partial charge in [-0.3, -0.25) is 4.79 Å². The second kappa shape index (κ2) is 7.07. The predicted molar refractivity (Wildman–Crippen MR) is 68.4 cm³/mol.